The predicted molar refractivity (Wildman–Crippen MR) is 152 cm³/mol. The zero-order valence-electron chi connectivity index (χ0n) is 21.1. The van der Waals surface area contributed by atoms with Crippen LogP contribution in [0.3, 0.4) is 0 Å². The minimum absolute atomic E-state index is 0.168. The summed E-state index contributed by atoms with van der Waals surface area (Å²) in [6.07, 6.45) is 2.59. The van der Waals surface area contributed by atoms with Gasteiger partial charge in [0.1, 0.15) is 5.75 Å². The average Bonchev–Trinajstić information content (AvgIpc) is 3.33. The predicted octanol–water partition coefficient (Wildman–Crippen LogP) is 6.35. The molecule has 39 heavy (non-hydrogen) atoms. The van der Waals surface area contributed by atoms with Crippen LogP contribution in [0.2, 0.25) is 0 Å². The molecule has 3 aromatic carbocycles. The number of alkyl halides is 3. The first kappa shape index (κ1) is 26.3. The van der Waals surface area contributed by atoms with Crippen molar-refractivity contribution in [1.82, 2.24) is 0 Å². The molecule has 0 bridgehead atoms. The highest BCUT2D eigenvalue weighted by Crippen LogP contribution is 2.31. The summed E-state index contributed by atoms with van der Waals surface area (Å²) >= 11 is 5.34. The maximum atomic E-state index is 12.5. The van der Waals surface area contributed by atoms with E-state index >= 15 is 0 Å². The van der Waals surface area contributed by atoms with Gasteiger partial charge in [-0.1, -0.05) is 56.3 Å². The third kappa shape index (κ3) is 6.06. The van der Waals surface area contributed by atoms with E-state index in [1.807, 2.05) is 53.5 Å². The third-order valence-corrected chi connectivity index (χ3v) is 6.44. The van der Waals surface area contributed by atoms with Crippen LogP contribution in [0, 0.1) is 0 Å². The molecule has 3 aromatic rings. The number of benzene rings is 3. The number of para-hydroxylation sites is 1. The largest absolute Gasteiger partial charge is 0.573 e. The summed E-state index contributed by atoms with van der Waals surface area (Å²) < 4.78 is 41.4. The van der Waals surface area contributed by atoms with Gasteiger partial charge < -0.3 is 15.0 Å². The molecule has 10 heteroatoms. The van der Waals surface area contributed by atoms with E-state index in [-0.39, 0.29) is 16.9 Å². The van der Waals surface area contributed by atoms with Crippen molar-refractivity contribution < 1.29 is 17.9 Å². The van der Waals surface area contributed by atoms with Gasteiger partial charge in [0.15, 0.2) is 0 Å². The molecule has 2 aliphatic rings. The molecular formula is C29H24F3N5OS. The summed E-state index contributed by atoms with van der Waals surface area (Å²) in [5.41, 5.74) is 4.60. The summed E-state index contributed by atoms with van der Waals surface area (Å²) in [6.45, 7) is 4.24. The number of nitrogens with zero attached hydrogens (tertiary/aromatic N) is 4. The molecule has 0 amide bonds. The molecule has 1 atom stereocenters. The second-order valence-corrected chi connectivity index (χ2v) is 9.63. The van der Waals surface area contributed by atoms with Gasteiger partial charge in [0.05, 0.1) is 24.3 Å². The first-order valence-electron chi connectivity index (χ1n) is 12.2. The zero-order chi connectivity index (χ0) is 27.6. The second-order valence-electron chi connectivity index (χ2n) is 9.25. The summed E-state index contributed by atoms with van der Waals surface area (Å²) in [5.74, 6) is 0.0738. The van der Waals surface area contributed by atoms with Gasteiger partial charge in [-0.25, -0.2) is 4.99 Å². The molecule has 6 nitrogen and oxygen atoms in total. The first-order valence-corrected chi connectivity index (χ1v) is 12.6. The van der Waals surface area contributed by atoms with E-state index in [0.29, 0.717) is 11.6 Å². The van der Waals surface area contributed by atoms with E-state index in [9.17, 15) is 13.2 Å². The minimum atomic E-state index is -4.73. The number of aliphatic imine (C=N–C) groups is 1. The number of hydrogen-bond acceptors (Lipinski definition) is 5. The molecule has 198 valence electrons. The van der Waals surface area contributed by atoms with Gasteiger partial charge in [0.2, 0.25) is 5.11 Å². The Labute approximate surface area is 228 Å². The van der Waals surface area contributed by atoms with Gasteiger partial charge in [-0.3, -0.25) is 0 Å². The second kappa shape index (κ2) is 10.8. The van der Waals surface area contributed by atoms with Crippen molar-refractivity contribution in [3.63, 3.8) is 0 Å². The number of fused-ring (bicyclic) bond motifs is 2. The van der Waals surface area contributed by atoms with E-state index in [4.69, 9.17) is 12.2 Å². The van der Waals surface area contributed by atoms with Crippen molar-refractivity contribution in [3.05, 3.63) is 94.4 Å². The Balaban J connectivity index is 1.31. The smallest absolute Gasteiger partial charge is 0.406 e. The van der Waals surface area contributed by atoms with Crippen molar-refractivity contribution in [2.45, 2.75) is 32.2 Å². The molecule has 1 aliphatic heterocycles. The lowest BCUT2D eigenvalue weighted by atomic mass is 9.99. The number of rotatable bonds is 5. The van der Waals surface area contributed by atoms with E-state index in [1.165, 1.54) is 12.1 Å². The highest BCUT2D eigenvalue weighted by Gasteiger charge is 2.31. The van der Waals surface area contributed by atoms with Gasteiger partial charge in [-0.2, -0.15) is 5.11 Å². The monoisotopic (exact) mass is 547 g/mol. The lowest BCUT2D eigenvalue weighted by molar-refractivity contribution is -0.274. The van der Waals surface area contributed by atoms with E-state index in [2.05, 4.69) is 45.2 Å². The molecular weight excluding hydrogens is 523 g/mol. The van der Waals surface area contributed by atoms with Crippen LogP contribution in [0.15, 0.2) is 88.0 Å². The van der Waals surface area contributed by atoms with Gasteiger partial charge in [0, 0.05) is 16.6 Å². The van der Waals surface area contributed by atoms with Gasteiger partial charge in [-0.15, -0.1) is 18.3 Å². The lowest BCUT2D eigenvalue weighted by Crippen LogP contribution is -2.33. The maximum absolute atomic E-state index is 12.5. The molecule has 0 saturated carbocycles. The molecule has 1 aliphatic carbocycles. The molecule has 0 saturated heterocycles. The van der Waals surface area contributed by atoms with Crippen molar-refractivity contribution in [2.75, 3.05) is 10.2 Å². The van der Waals surface area contributed by atoms with Crippen molar-refractivity contribution >= 4 is 53.0 Å². The number of thiocarbonyl (C=S) groups is 1. The highest BCUT2D eigenvalue weighted by molar-refractivity contribution is 7.80. The Hall–Kier alpha value is -4.31. The SMILES string of the molecule is CC(C)c1ccccc1NC(=S)N=NC=c1ccc2c(c1)C=CC1C=2N=CN1c1ccc(OC(F)(F)F)cc1. The van der Waals surface area contributed by atoms with Crippen LogP contribution in [-0.4, -0.2) is 23.9 Å². The summed E-state index contributed by atoms with van der Waals surface area (Å²) in [7, 11) is 0. The minimum Gasteiger partial charge on any atom is -0.406 e. The van der Waals surface area contributed by atoms with Crippen LogP contribution >= 0.6 is 12.2 Å². The first-order chi connectivity index (χ1) is 18.7. The fourth-order valence-electron chi connectivity index (χ4n) is 4.49. The number of anilines is 2. The van der Waals surface area contributed by atoms with Gasteiger partial charge in [0.25, 0.3) is 0 Å². The molecule has 0 spiro atoms. The van der Waals surface area contributed by atoms with Crippen LogP contribution in [0.1, 0.15) is 30.9 Å². The average molecular weight is 548 g/mol. The molecule has 0 radical (unpaired) electrons. The molecule has 1 N–H and O–H groups in total. The van der Waals surface area contributed by atoms with Crippen molar-refractivity contribution in [2.24, 2.45) is 15.2 Å². The van der Waals surface area contributed by atoms with E-state index in [1.54, 1.807) is 24.7 Å². The standard InChI is InChI=1S/C29H24F3N5OS/c1-18(2)23-5-3-4-6-25(23)35-28(39)36-34-16-19-7-13-24-20(15-19)8-14-26-27(24)33-17-37(26)21-9-11-22(12-10-21)38-29(30,31)32/h3-18,26H,1-2H3,(H,35,39). The maximum Gasteiger partial charge on any atom is 0.573 e. The third-order valence-electron chi connectivity index (χ3n) is 6.26. The summed E-state index contributed by atoms with van der Waals surface area (Å²) in [5, 5.41) is 13.5. The lowest BCUT2D eigenvalue weighted by Gasteiger charge is -2.24. The van der Waals surface area contributed by atoms with E-state index in [0.717, 1.165) is 32.9 Å². The number of azo groups is 1. The number of ether oxygens (including phenoxy) is 1. The Morgan fingerprint density at radius 2 is 1.87 bits per heavy atom. The van der Waals surface area contributed by atoms with Crippen LogP contribution in [-0.2, 0) is 0 Å². The van der Waals surface area contributed by atoms with Crippen molar-refractivity contribution in [1.29, 1.82) is 0 Å². The zero-order valence-corrected chi connectivity index (χ0v) is 21.9. The summed E-state index contributed by atoms with van der Waals surface area (Å²) in [6, 6.07) is 19.4. The summed E-state index contributed by atoms with van der Waals surface area (Å²) in [4.78, 5) is 6.49. The van der Waals surface area contributed by atoms with Crippen LogP contribution in [0.5, 0.6) is 5.75 Å². The molecule has 1 heterocycles. The Morgan fingerprint density at radius 1 is 1.10 bits per heavy atom. The normalized spacial score (nSPS) is 16.7. The highest BCUT2D eigenvalue weighted by atomic mass is 32.1. The number of halogens is 3. The van der Waals surface area contributed by atoms with Crippen LogP contribution in [0.25, 0.3) is 18.0 Å². The topological polar surface area (TPSA) is 61.6 Å². The molecule has 0 fully saturated rings. The number of hydrogen-bond donors (Lipinski definition) is 1. The van der Waals surface area contributed by atoms with Crippen LogP contribution < -0.4 is 25.4 Å². The molecule has 1 unspecified atom stereocenters. The van der Waals surface area contributed by atoms with Crippen LogP contribution in [0.4, 0.5) is 24.5 Å². The Morgan fingerprint density at radius 3 is 2.62 bits per heavy atom. The fraction of sp³-hybridized carbons (Fsp3) is 0.172. The molecule has 5 rings (SSSR count). The molecule has 0 aromatic heterocycles. The van der Waals surface area contributed by atoms with Gasteiger partial charge in [-0.05, 0) is 70.9 Å². The Kier molecular flexibility index (Phi) is 7.30. The quantitative estimate of drug-likeness (QED) is 0.299. The van der Waals surface area contributed by atoms with Gasteiger partial charge >= 0.3 is 6.36 Å². The van der Waals surface area contributed by atoms with Crippen molar-refractivity contribution in [3.8, 4) is 5.75 Å². The number of nitrogens with one attached hydrogen (secondary N) is 1. The fourth-order valence-corrected chi connectivity index (χ4v) is 4.65. The van der Waals surface area contributed by atoms with E-state index < -0.39 is 6.36 Å². The Bertz CT molecular complexity index is 1610.